The van der Waals surface area contributed by atoms with Crippen LogP contribution in [0.2, 0.25) is 0 Å². The van der Waals surface area contributed by atoms with Crippen LogP contribution in [0.15, 0.2) is 24.3 Å². The van der Waals surface area contributed by atoms with Gasteiger partial charge in [-0.2, -0.15) is 0 Å². The van der Waals surface area contributed by atoms with Crippen LogP contribution in [0.1, 0.15) is 11.6 Å². The van der Waals surface area contributed by atoms with Gasteiger partial charge in [-0.3, -0.25) is 10.2 Å². The van der Waals surface area contributed by atoms with Gasteiger partial charge in [0.25, 0.3) is 5.91 Å². The zero-order valence-electron chi connectivity index (χ0n) is 7.75. The van der Waals surface area contributed by atoms with Crippen molar-refractivity contribution in [2.75, 3.05) is 7.05 Å². The van der Waals surface area contributed by atoms with Crippen LogP contribution < -0.4 is 16.6 Å². The molecule has 14 heavy (non-hydrogen) atoms. The minimum atomic E-state index is -0.863. The number of hydrazine groups is 1. The van der Waals surface area contributed by atoms with Gasteiger partial charge in [0.2, 0.25) is 0 Å². The minimum absolute atomic E-state index is 0.405. The van der Waals surface area contributed by atoms with Crippen LogP contribution >= 0.6 is 0 Å². The number of nitrogens with one attached hydrogen (secondary N) is 2. The Hall–Kier alpha value is -1.46. The summed E-state index contributed by atoms with van der Waals surface area (Å²) in [6, 6.07) is 4.78. The Kier molecular flexibility index (Phi) is 3.55. The highest BCUT2D eigenvalue weighted by molar-refractivity contribution is 5.82. The number of hydrogen-bond acceptors (Lipinski definition) is 3. The molecule has 0 bridgehead atoms. The number of nitrogens with two attached hydrogens (primary N) is 1. The summed E-state index contributed by atoms with van der Waals surface area (Å²) in [4.78, 5) is 11.2. The van der Waals surface area contributed by atoms with Crippen molar-refractivity contribution in [1.82, 2.24) is 10.9 Å². The van der Waals surface area contributed by atoms with Gasteiger partial charge in [0.05, 0.1) is 0 Å². The van der Waals surface area contributed by atoms with Crippen LogP contribution in [0.25, 0.3) is 0 Å². The maximum Gasteiger partial charge on any atom is 0.255 e. The van der Waals surface area contributed by atoms with Gasteiger partial charge in [-0.1, -0.05) is 12.1 Å². The largest absolute Gasteiger partial charge is 0.316 e. The van der Waals surface area contributed by atoms with E-state index in [1.165, 1.54) is 18.2 Å². The third-order valence-corrected chi connectivity index (χ3v) is 1.74. The first-order chi connectivity index (χ1) is 6.65. The highest BCUT2D eigenvalue weighted by Crippen LogP contribution is 2.11. The highest BCUT2D eigenvalue weighted by Gasteiger charge is 2.14. The topological polar surface area (TPSA) is 67.1 Å². The molecule has 5 heteroatoms. The molecule has 76 valence electrons. The molecular formula is C9H12FN3O. The Bertz CT molecular complexity index is 330. The lowest BCUT2D eigenvalue weighted by atomic mass is 10.1. The molecule has 0 aliphatic rings. The van der Waals surface area contributed by atoms with E-state index in [0.29, 0.717) is 5.56 Å². The standard InChI is InChI=1S/C9H12FN3O/c1-12-13-9(14)8(11)6-3-2-4-7(10)5-6/h2-5,8,12H,11H2,1H3,(H,13,14). The monoisotopic (exact) mass is 197 g/mol. The molecule has 1 unspecified atom stereocenters. The Balaban J connectivity index is 2.78. The average Bonchev–Trinajstić information content (AvgIpc) is 2.17. The van der Waals surface area contributed by atoms with Gasteiger partial charge in [0, 0.05) is 7.05 Å². The Morgan fingerprint density at radius 3 is 2.86 bits per heavy atom. The summed E-state index contributed by atoms with van der Waals surface area (Å²) < 4.78 is 12.8. The van der Waals surface area contributed by atoms with Gasteiger partial charge in [-0.25, -0.2) is 9.82 Å². The minimum Gasteiger partial charge on any atom is -0.316 e. The first-order valence-electron chi connectivity index (χ1n) is 4.13. The molecule has 4 nitrogen and oxygen atoms in total. The fraction of sp³-hybridized carbons (Fsp3) is 0.222. The van der Waals surface area contributed by atoms with Crippen LogP contribution in [-0.2, 0) is 4.79 Å². The van der Waals surface area contributed by atoms with Gasteiger partial charge >= 0.3 is 0 Å². The van der Waals surface area contributed by atoms with E-state index in [1.54, 1.807) is 13.1 Å². The molecule has 1 rings (SSSR count). The first kappa shape index (κ1) is 10.6. The molecule has 0 aromatic heterocycles. The Morgan fingerprint density at radius 1 is 1.57 bits per heavy atom. The smallest absolute Gasteiger partial charge is 0.255 e. The highest BCUT2D eigenvalue weighted by atomic mass is 19.1. The van der Waals surface area contributed by atoms with Gasteiger partial charge in [-0.15, -0.1) is 0 Å². The molecule has 0 fully saturated rings. The summed E-state index contributed by atoms with van der Waals surface area (Å²) in [6.07, 6.45) is 0. The second kappa shape index (κ2) is 4.69. The summed E-state index contributed by atoms with van der Waals surface area (Å²) in [5.41, 5.74) is 10.8. The zero-order chi connectivity index (χ0) is 10.6. The van der Waals surface area contributed by atoms with E-state index in [1.807, 2.05) is 0 Å². The van der Waals surface area contributed by atoms with Crippen LogP contribution in [-0.4, -0.2) is 13.0 Å². The maximum absolute atomic E-state index is 12.8. The van der Waals surface area contributed by atoms with E-state index < -0.39 is 17.8 Å². The van der Waals surface area contributed by atoms with E-state index in [2.05, 4.69) is 10.9 Å². The molecule has 0 saturated carbocycles. The molecule has 1 amide bonds. The van der Waals surface area contributed by atoms with E-state index in [-0.39, 0.29) is 0 Å². The van der Waals surface area contributed by atoms with Crippen LogP contribution in [0.4, 0.5) is 4.39 Å². The number of halogens is 1. The summed E-state index contributed by atoms with van der Waals surface area (Å²) >= 11 is 0. The van der Waals surface area contributed by atoms with Crippen molar-refractivity contribution in [3.8, 4) is 0 Å². The lowest BCUT2D eigenvalue weighted by Gasteiger charge is -2.11. The van der Waals surface area contributed by atoms with Crippen molar-refractivity contribution < 1.29 is 9.18 Å². The second-order valence-corrected chi connectivity index (χ2v) is 2.77. The zero-order valence-corrected chi connectivity index (χ0v) is 7.75. The molecule has 0 heterocycles. The van der Waals surface area contributed by atoms with Crippen molar-refractivity contribution in [2.24, 2.45) is 5.73 Å². The van der Waals surface area contributed by atoms with Gasteiger partial charge < -0.3 is 5.73 Å². The van der Waals surface area contributed by atoms with E-state index in [4.69, 9.17) is 5.73 Å². The molecule has 1 atom stereocenters. The summed E-state index contributed by atoms with van der Waals surface area (Å²) in [5, 5.41) is 0. The normalized spacial score (nSPS) is 12.2. The molecule has 1 aromatic rings. The van der Waals surface area contributed by atoms with Crippen molar-refractivity contribution in [3.63, 3.8) is 0 Å². The van der Waals surface area contributed by atoms with E-state index in [9.17, 15) is 9.18 Å². The van der Waals surface area contributed by atoms with Gasteiger partial charge in [0.1, 0.15) is 11.9 Å². The van der Waals surface area contributed by atoms with Crippen molar-refractivity contribution in [1.29, 1.82) is 0 Å². The lowest BCUT2D eigenvalue weighted by molar-refractivity contribution is -0.123. The first-order valence-corrected chi connectivity index (χ1v) is 4.13. The fourth-order valence-corrected chi connectivity index (χ4v) is 1.05. The maximum atomic E-state index is 12.8. The summed E-state index contributed by atoms with van der Waals surface area (Å²) in [6.45, 7) is 0. The molecule has 0 spiro atoms. The molecule has 4 N–H and O–H groups in total. The Labute approximate surface area is 81.3 Å². The van der Waals surface area contributed by atoms with Crippen molar-refractivity contribution >= 4 is 5.91 Å². The molecule has 0 aliphatic heterocycles. The summed E-state index contributed by atoms with van der Waals surface area (Å²) in [7, 11) is 1.55. The third-order valence-electron chi connectivity index (χ3n) is 1.74. The number of hydrogen-bond donors (Lipinski definition) is 3. The van der Waals surface area contributed by atoms with Gasteiger partial charge in [0.15, 0.2) is 0 Å². The summed E-state index contributed by atoms with van der Waals surface area (Å²) in [5.74, 6) is -0.812. The van der Waals surface area contributed by atoms with E-state index in [0.717, 1.165) is 0 Å². The molecule has 0 saturated heterocycles. The number of amides is 1. The van der Waals surface area contributed by atoms with Crippen LogP contribution in [0.3, 0.4) is 0 Å². The number of benzene rings is 1. The quantitative estimate of drug-likeness (QED) is 0.601. The third kappa shape index (κ3) is 2.51. The Morgan fingerprint density at radius 2 is 2.29 bits per heavy atom. The fourth-order valence-electron chi connectivity index (χ4n) is 1.05. The SMILES string of the molecule is CNNC(=O)C(N)c1cccc(F)c1. The predicted octanol–water partition coefficient (Wildman–Crippen LogP) is 0.0761. The van der Waals surface area contributed by atoms with Crippen molar-refractivity contribution in [2.45, 2.75) is 6.04 Å². The predicted molar refractivity (Wildman–Crippen MR) is 50.5 cm³/mol. The number of carbonyl (C=O) groups excluding carboxylic acids is 1. The van der Waals surface area contributed by atoms with Crippen LogP contribution in [0.5, 0.6) is 0 Å². The van der Waals surface area contributed by atoms with E-state index >= 15 is 0 Å². The lowest BCUT2D eigenvalue weighted by Crippen LogP contribution is -2.40. The van der Waals surface area contributed by atoms with Crippen LogP contribution in [0, 0.1) is 5.82 Å². The average molecular weight is 197 g/mol. The van der Waals surface area contributed by atoms with Gasteiger partial charge in [-0.05, 0) is 17.7 Å². The van der Waals surface area contributed by atoms with Crippen molar-refractivity contribution in [3.05, 3.63) is 35.6 Å². The molecule has 0 aliphatic carbocycles. The molecule has 0 radical (unpaired) electrons. The second-order valence-electron chi connectivity index (χ2n) is 2.77. The molecular weight excluding hydrogens is 185 g/mol. The molecule has 1 aromatic carbocycles. The number of rotatable bonds is 3. The number of carbonyl (C=O) groups is 1.